The molecule has 0 spiro atoms. The Hall–Kier alpha value is -0.770. The van der Waals surface area contributed by atoms with Crippen molar-refractivity contribution in [1.29, 1.82) is 0 Å². The highest BCUT2D eigenvalue weighted by atomic mass is 16.4. The predicted octanol–water partition coefficient (Wildman–Crippen LogP) is 1.35. The lowest BCUT2D eigenvalue weighted by Gasteiger charge is -2.20. The number of oxime groups is 1. The molecule has 0 aliphatic carbocycles. The molecule has 1 saturated heterocycles. The highest BCUT2D eigenvalue weighted by Crippen LogP contribution is 2.24. The first kappa shape index (κ1) is 12.3. The molecular weight excluding hydrogens is 190 g/mol. The fourth-order valence-corrected chi connectivity index (χ4v) is 2.15. The van der Waals surface area contributed by atoms with Crippen LogP contribution in [0.1, 0.15) is 27.2 Å². The van der Waals surface area contributed by atoms with Crippen molar-refractivity contribution in [2.45, 2.75) is 27.2 Å². The normalized spacial score (nSPS) is 26.1. The van der Waals surface area contributed by atoms with Gasteiger partial charge >= 0.3 is 0 Å². The van der Waals surface area contributed by atoms with Crippen molar-refractivity contribution >= 4 is 5.84 Å². The molecule has 1 heterocycles. The molecule has 1 fully saturated rings. The largest absolute Gasteiger partial charge is 0.409 e. The fourth-order valence-electron chi connectivity index (χ4n) is 2.15. The van der Waals surface area contributed by atoms with Gasteiger partial charge in [-0.2, -0.15) is 0 Å². The summed E-state index contributed by atoms with van der Waals surface area (Å²) in [5.41, 5.74) is 5.56. The van der Waals surface area contributed by atoms with E-state index >= 15 is 0 Å². The molecule has 2 atom stereocenters. The van der Waals surface area contributed by atoms with Crippen molar-refractivity contribution in [3.63, 3.8) is 0 Å². The minimum Gasteiger partial charge on any atom is -0.409 e. The Kier molecular flexibility index (Phi) is 4.39. The first-order valence-corrected chi connectivity index (χ1v) is 5.74. The molecule has 1 aliphatic rings. The van der Waals surface area contributed by atoms with E-state index in [0.717, 1.165) is 31.5 Å². The van der Waals surface area contributed by atoms with Crippen LogP contribution in [-0.4, -0.2) is 35.6 Å². The van der Waals surface area contributed by atoms with Crippen LogP contribution in [0.5, 0.6) is 0 Å². The highest BCUT2D eigenvalue weighted by Gasteiger charge is 2.26. The maximum absolute atomic E-state index is 8.56. The topological polar surface area (TPSA) is 61.8 Å². The number of likely N-dealkylation sites (tertiary alicyclic amines) is 1. The van der Waals surface area contributed by atoms with Crippen molar-refractivity contribution < 1.29 is 5.21 Å². The summed E-state index contributed by atoms with van der Waals surface area (Å²) < 4.78 is 0. The lowest BCUT2D eigenvalue weighted by molar-refractivity contribution is 0.279. The van der Waals surface area contributed by atoms with Gasteiger partial charge < -0.3 is 15.8 Å². The van der Waals surface area contributed by atoms with Crippen LogP contribution in [0.25, 0.3) is 0 Å². The van der Waals surface area contributed by atoms with Gasteiger partial charge in [-0.15, -0.1) is 0 Å². The Labute approximate surface area is 92.1 Å². The molecule has 3 N–H and O–H groups in total. The Morgan fingerprint density at radius 3 is 2.67 bits per heavy atom. The molecule has 0 bridgehead atoms. The van der Waals surface area contributed by atoms with E-state index in [0.29, 0.717) is 5.84 Å². The van der Waals surface area contributed by atoms with E-state index in [4.69, 9.17) is 10.9 Å². The average molecular weight is 213 g/mol. The van der Waals surface area contributed by atoms with Gasteiger partial charge in [0.05, 0.1) is 0 Å². The molecule has 2 unspecified atom stereocenters. The van der Waals surface area contributed by atoms with Gasteiger partial charge in [0.25, 0.3) is 0 Å². The molecule has 4 heteroatoms. The summed E-state index contributed by atoms with van der Waals surface area (Å²) in [5, 5.41) is 11.6. The second-order valence-corrected chi connectivity index (χ2v) is 4.98. The standard InChI is InChI=1S/C11H23N3O/c1-8(2)10-4-5-14(7-10)6-9(3)11(12)13-15/h8-10,15H,4-7H2,1-3H3,(H2,12,13). The zero-order valence-corrected chi connectivity index (χ0v) is 9.98. The molecule has 0 radical (unpaired) electrons. The molecule has 0 amide bonds. The van der Waals surface area contributed by atoms with E-state index < -0.39 is 0 Å². The lowest BCUT2D eigenvalue weighted by Crippen LogP contribution is -2.34. The van der Waals surface area contributed by atoms with Crippen LogP contribution >= 0.6 is 0 Å². The average Bonchev–Trinajstić information content (AvgIpc) is 2.65. The minimum absolute atomic E-state index is 0.140. The van der Waals surface area contributed by atoms with Gasteiger partial charge in [0, 0.05) is 19.0 Å². The van der Waals surface area contributed by atoms with Crippen LogP contribution in [0.4, 0.5) is 0 Å². The summed E-state index contributed by atoms with van der Waals surface area (Å²) in [6.07, 6.45) is 1.28. The predicted molar refractivity (Wildman–Crippen MR) is 62.0 cm³/mol. The van der Waals surface area contributed by atoms with Crippen LogP contribution < -0.4 is 5.73 Å². The molecule has 0 aromatic rings. The van der Waals surface area contributed by atoms with Crippen molar-refractivity contribution in [2.24, 2.45) is 28.6 Å². The number of hydrogen-bond donors (Lipinski definition) is 2. The first-order valence-electron chi connectivity index (χ1n) is 5.74. The van der Waals surface area contributed by atoms with Crippen molar-refractivity contribution in [2.75, 3.05) is 19.6 Å². The second-order valence-electron chi connectivity index (χ2n) is 4.98. The second kappa shape index (κ2) is 5.35. The zero-order valence-electron chi connectivity index (χ0n) is 9.98. The third-order valence-electron chi connectivity index (χ3n) is 3.40. The molecule has 0 saturated carbocycles. The summed E-state index contributed by atoms with van der Waals surface area (Å²) in [4.78, 5) is 2.41. The Morgan fingerprint density at radius 2 is 2.20 bits per heavy atom. The SMILES string of the molecule is CC(CN1CCC(C(C)C)C1)C(N)=NO. The molecule has 0 aromatic carbocycles. The number of amidine groups is 1. The molecule has 4 nitrogen and oxygen atoms in total. The van der Waals surface area contributed by atoms with Crippen molar-refractivity contribution in [3.8, 4) is 0 Å². The molecular formula is C11H23N3O. The van der Waals surface area contributed by atoms with Gasteiger partial charge in [-0.25, -0.2) is 0 Å². The summed E-state index contributed by atoms with van der Waals surface area (Å²) in [6, 6.07) is 0. The first-order chi connectivity index (χ1) is 7.04. The number of hydrogen-bond acceptors (Lipinski definition) is 3. The number of nitrogens with zero attached hydrogens (tertiary/aromatic N) is 2. The Bertz CT molecular complexity index is 228. The van der Waals surface area contributed by atoms with Crippen LogP contribution in [0, 0.1) is 17.8 Å². The van der Waals surface area contributed by atoms with Gasteiger partial charge in [-0.05, 0) is 24.8 Å². The van der Waals surface area contributed by atoms with Crippen LogP contribution in [0.3, 0.4) is 0 Å². The summed E-state index contributed by atoms with van der Waals surface area (Å²) in [6.45, 7) is 9.76. The summed E-state index contributed by atoms with van der Waals surface area (Å²) in [7, 11) is 0. The molecule has 88 valence electrons. The third kappa shape index (κ3) is 3.38. The zero-order chi connectivity index (χ0) is 11.4. The maximum atomic E-state index is 8.56. The minimum atomic E-state index is 0.140. The third-order valence-corrected chi connectivity index (χ3v) is 3.40. The molecule has 1 rings (SSSR count). The monoisotopic (exact) mass is 213 g/mol. The Balaban J connectivity index is 2.36. The molecule has 0 aromatic heterocycles. The van der Waals surface area contributed by atoms with E-state index in [-0.39, 0.29) is 5.92 Å². The van der Waals surface area contributed by atoms with E-state index in [9.17, 15) is 0 Å². The van der Waals surface area contributed by atoms with E-state index in [2.05, 4.69) is 23.9 Å². The van der Waals surface area contributed by atoms with Gasteiger partial charge in [0.2, 0.25) is 0 Å². The van der Waals surface area contributed by atoms with Crippen molar-refractivity contribution in [1.82, 2.24) is 4.90 Å². The van der Waals surface area contributed by atoms with E-state index in [1.807, 2.05) is 6.92 Å². The summed E-state index contributed by atoms with van der Waals surface area (Å²) in [5.74, 6) is 2.04. The van der Waals surface area contributed by atoms with Gasteiger partial charge in [0.15, 0.2) is 0 Å². The van der Waals surface area contributed by atoms with Crippen LogP contribution in [-0.2, 0) is 0 Å². The number of nitrogens with two attached hydrogens (primary N) is 1. The van der Waals surface area contributed by atoms with E-state index in [1.54, 1.807) is 0 Å². The lowest BCUT2D eigenvalue weighted by atomic mass is 9.95. The summed E-state index contributed by atoms with van der Waals surface area (Å²) >= 11 is 0. The molecule has 1 aliphatic heterocycles. The number of rotatable bonds is 4. The highest BCUT2D eigenvalue weighted by molar-refractivity contribution is 5.82. The smallest absolute Gasteiger partial charge is 0.143 e. The fraction of sp³-hybridized carbons (Fsp3) is 0.909. The van der Waals surface area contributed by atoms with Gasteiger partial charge in [0.1, 0.15) is 5.84 Å². The van der Waals surface area contributed by atoms with Crippen LogP contribution in [0.15, 0.2) is 5.16 Å². The Morgan fingerprint density at radius 1 is 1.53 bits per heavy atom. The van der Waals surface area contributed by atoms with Crippen LogP contribution in [0.2, 0.25) is 0 Å². The maximum Gasteiger partial charge on any atom is 0.143 e. The van der Waals surface area contributed by atoms with Gasteiger partial charge in [-0.1, -0.05) is 25.9 Å². The van der Waals surface area contributed by atoms with Gasteiger partial charge in [-0.3, -0.25) is 0 Å². The molecule has 15 heavy (non-hydrogen) atoms. The van der Waals surface area contributed by atoms with E-state index in [1.165, 1.54) is 6.42 Å². The van der Waals surface area contributed by atoms with Crippen molar-refractivity contribution in [3.05, 3.63) is 0 Å². The quantitative estimate of drug-likeness (QED) is 0.321.